The maximum absolute atomic E-state index is 11.5. The molecule has 0 aliphatic rings. The van der Waals surface area contributed by atoms with Gasteiger partial charge in [0.05, 0.1) is 10.7 Å². The number of amides is 1. The molecule has 0 saturated carbocycles. The van der Waals surface area contributed by atoms with Gasteiger partial charge in [0.15, 0.2) is 0 Å². The van der Waals surface area contributed by atoms with E-state index in [0.717, 1.165) is 12.0 Å². The summed E-state index contributed by atoms with van der Waals surface area (Å²) in [5, 5.41) is 13.3. The van der Waals surface area contributed by atoms with E-state index in [4.69, 9.17) is 4.74 Å². The molecule has 0 unspecified atom stereocenters. The lowest BCUT2D eigenvalue weighted by molar-refractivity contribution is -0.384. The fourth-order valence-electron chi connectivity index (χ4n) is 1.47. The number of nitrogens with zero attached hydrogens (tertiary/aromatic N) is 1. The number of methoxy groups -OCH3 is 1. The van der Waals surface area contributed by atoms with Crippen molar-refractivity contribution in [2.75, 3.05) is 26.0 Å². The van der Waals surface area contributed by atoms with Crippen LogP contribution in [0.2, 0.25) is 0 Å². The van der Waals surface area contributed by atoms with E-state index in [1.165, 1.54) is 23.9 Å². The average molecular weight is 298 g/mol. The minimum Gasteiger partial charge on any atom is -0.385 e. The van der Waals surface area contributed by atoms with Crippen LogP contribution in [0, 0.1) is 10.1 Å². The monoisotopic (exact) mass is 298 g/mol. The van der Waals surface area contributed by atoms with E-state index in [-0.39, 0.29) is 11.6 Å². The van der Waals surface area contributed by atoms with Crippen molar-refractivity contribution in [1.29, 1.82) is 0 Å². The molecule has 110 valence electrons. The van der Waals surface area contributed by atoms with Crippen LogP contribution in [0.3, 0.4) is 0 Å². The maximum Gasteiger partial charge on any atom is 0.269 e. The highest BCUT2D eigenvalue weighted by molar-refractivity contribution is 7.99. The molecule has 0 heterocycles. The molecule has 0 spiro atoms. The SMILES string of the molecule is COCCCNC(=O)CSCc1ccc([N+](=O)[O-])cc1. The average Bonchev–Trinajstić information content (AvgIpc) is 2.44. The van der Waals surface area contributed by atoms with Crippen LogP contribution in [0.4, 0.5) is 5.69 Å². The lowest BCUT2D eigenvalue weighted by Crippen LogP contribution is -2.26. The van der Waals surface area contributed by atoms with E-state index in [9.17, 15) is 14.9 Å². The van der Waals surface area contributed by atoms with Crippen LogP contribution >= 0.6 is 11.8 Å². The number of non-ortho nitro benzene ring substituents is 1. The zero-order valence-corrected chi connectivity index (χ0v) is 12.1. The van der Waals surface area contributed by atoms with Gasteiger partial charge in [-0.15, -0.1) is 11.8 Å². The minimum atomic E-state index is -0.426. The lowest BCUT2D eigenvalue weighted by atomic mass is 10.2. The van der Waals surface area contributed by atoms with E-state index in [1.807, 2.05) is 0 Å². The molecule has 6 nitrogen and oxygen atoms in total. The Hall–Kier alpha value is -1.60. The van der Waals surface area contributed by atoms with Gasteiger partial charge in [-0.1, -0.05) is 12.1 Å². The second-order valence-electron chi connectivity index (χ2n) is 4.11. The summed E-state index contributed by atoms with van der Waals surface area (Å²) in [4.78, 5) is 21.6. The summed E-state index contributed by atoms with van der Waals surface area (Å²) in [6.45, 7) is 1.25. The number of hydrogen-bond donors (Lipinski definition) is 1. The topological polar surface area (TPSA) is 81.5 Å². The highest BCUT2D eigenvalue weighted by Gasteiger charge is 2.05. The highest BCUT2D eigenvalue weighted by Crippen LogP contribution is 2.16. The molecule has 7 heteroatoms. The molecule has 1 aromatic rings. The molecule has 0 aliphatic heterocycles. The van der Waals surface area contributed by atoms with Gasteiger partial charge in [0.1, 0.15) is 0 Å². The molecular formula is C13H18N2O4S. The minimum absolute atomic E-state index is 0.00647. The molecule has 1 amide bonds. The summed E-state index contributed by atoms with van der Waals surface area (Å²) >= 11 is 1.48. The van der Waals surface area contributed by atoms with Crippen molar-refractivity contribution in [3.8, 4) is 0 Å². The number of nitro benzene ring substituents is 1. The number of hydrogen-bond acceptors (Lipinski definition) is 5. The molecule has 0 saturated heterocycles. The van der Waals surface area contributed by atoms with Crippen LogP contribution in [-0.2, 0) is 15.3 Å². The van der Waals surface area contributed by atoms with Gasteiger partial charge < -0.3 is 10.1 Å². The van der Waals surface area contributed by atoms with Crippen molar-refractivity contribution >= 4 is 23.4 Å². The van der Waals surface area contributed by atoms with E-state index in [0.29, 0.717) is 24.7 Å². The maximum atomic E-state index is 11.5. The van der Waals surface area contributed by atoms with Gasteiger partial charge in [0.2, 0.25) is 5.91 Å². The van der Waals surface area contributed by atoms with Gasteiger partial charge in [-0.05, 0) is 12.0 Å². The van der Waals surface area contributed by atoms with E-state index >= 15 is 0 Å². The number of carbonyl (C=O) groups is 1. The Kier molecular flexibility index (Phi) is 7.67. The first-order valence-electron chi connectivity index (χ1n) is 6.20. The third-order valence-electron chi connectivity index (χ3n) is 2.50. The van der Waals surface area contributed by atoms with E-state index in [2.05, 4.69) is 5.32 Å². The molecule has 0 fully saturated rings. The first kappa shape index (κ1) is 16.5. The standard InChI is InChI=1S/C13H18N2O4S/c1-19-8-2-7-14-13(16)10-20-9-11-3-5-12(6-4-11)15(17)18/h3-6H,2,7-10H2,1H3,(H,14,16). The number of benzene rings is 1. The van der Waals surface area contributed by atoms with Gasteiger partial charge in [-0.25, -0.2) is 0 Å². The summed E-state index contributed by atoms with van der Waals surface area (Å²) < 4.78 is 4.88. The van der Waals surface area contributed by atoms with Gasteiger partial charge in [0.25, 0.3) is 5.69 Å². The predicted molar refractivity (Wildman–Crippen MR) is 78.8 cm³/mol. The first-order valence-corrected chi connectivity index (χ1v) is 7.35. The van der Waals surface area contributed by atoms with Crippen LogP contribution in [-0.4, -0.2) is 36.8 Å². The van der Waals surface area contributed by atoms with Crippen molar-refractivity contribution in [2.45, 2.75) is 12.2 Å². The summed E-state index contributed by atoms with van der Waals surface area (Å²) in [7, 11) is 1.63. The fraction of sp³-hybridized carbons (Fsp3) is 0.462. The molecule has 0 bridgehead atoms. The molecule has 0 aromatic heterocycles. The fourth-order valence-corrected chi connectivity index (χ4v) is 2.29. The Morgan fingerprint density at radius 2 is 2.10 bits per heavy atom. The van der Waals surface area contributed by atoms with Crippen molar-refractivity contribution in [3.63, 3.8) is 0 Å². The summed E-state index contributed by atoms with van der Waals surface area (Å²) in [6.07, 6.45) is 0.801. The second-order valence-corrected chi connectivity index (χ2v) is 5.10. The zero-order chi connectivity index (χ0) is 14.8. The second kappa shape index (κ2) is 9.33. The molecule has 0 radical (unpaired) electrons. The molecule has 1 rings (SSSR count). The smallest absolute Gasteiger partial charge is 0.269 e. The quantitative estimate of drug-likeness (QED) is 0.428. The molecule has 1 N–H and O–H groups in total. The molecule has 1 aromatic carbocycles. The Morgan fingerprint density at radius 1 is 1.40 bits per heavy atom. The third kappa shape index (κ3) is 6.53. The number of carbonyl (C=O) groups excluding carboxylic acids is 1. The number of nitrogens with one attached hydrogen (secondary N) is 1. The number of rotatable bonds is 9. The Bertz CT molecular complexity index is 437. The van der Waals surface area contributed by atoms with Gasteiger partial charge in [-0.3, -0.25) is 14.9 Å². The summed E-state index contributed by atoms with van der Waals surface area (Å²) in [5.74, 6) is 1.03. The number of thioether (sulfide) groups is 1. The normalized spacial score (nSPS) is 10.2. The summed E-state index contributed by atoms with van der Waals surface area (Å²) in [5.41, 5.74) is 1.04. The molecule has 20 heavy (non-hydrogen) atoms. The third-order valence-corrected chi connectivity index (χ3v) is 3.50. The Balaban J connectivity index is 2.20. The van der Waals surface area contributed by atoms with Crippen molar-refractivity contribution in [1.82, 2.24) is 5.32 Å². The summed E-state index contributed by atoms with van der Waals surface area (Å²) in [6, 6.07) is 6.37. The highest BCUT2D eigenvalue weighted by atomic mass is 32.2. The van der Waals surface area contributed by atoms with Crippen LogP contribution in [0.5, 0.6) is 0 Å². The largest absolute Gasteiger partial charge is 0.385 e. The van der Waals surface area contributed by atoms with Gasteiger partial charge in [0, 0.05) is 38.1 Å². The number of ether oxygens (including phenoxy) is 1. The molecule has 0 aliphatic carbocycles. The predicted octanol–water partition coefficient (Wildman–Crippen LogP) is 1.98. The van der Waals surface area contributed by atoms with Crippen molar-refractivity contribution in [3.05, 3.63) is 39.9 Å². The van der Waals surface area contributed by atoms with Crippen LogP contribution in [0.15, 0.2) is 24.3 Å². The zero-order valence-electron chi connectivity index (χ0n) is 11.3. The lowest BCUT2D eigenvalue weighted by Gasteiger charge is -2.05. The van der Waals surface area contributed by atoms with E-state index < -0.39 is 4.92 Å². The Morgan fingerprint density at radius 3 is 2.70 bits per heavy atom. The van der Waals surface area contributed by atoms with Crippen LogP contribution in [0.1, 0.15) is 12.0 Å². The van der Waals surface area contributed by atoms with Crippen molar-refractivity contribution in [2.24, 2.45) is 0 Å². The van der Waals surface area contributed by atoms with Crippen LogP contribution in [0.25, 0.3) is 0 Å². The Labute approximate surface area is 122 Å². The molecule has 0 atom stereocenters. The van der Waals surface area contributed by atoms with Crippen molar-refractivity contribution < 1.29 is 14.5 Å². The van der Waals surface area contributed by atoms with E-state index in [1.54, 1.807) is 19.2 Å². The van der Waals surface area contributed by atoms with Crippen LogP contribution < -0.4 is 5.32 Å². The van der Waals surface area contributed by atoms with Gasteiger partial charge in [-0.2, -0.15) is 0 Å². The molecular weight excluding hydrogens is 280 g/mol. The number of nitro groups is 1. The van der Waals surface area contributed by atoms with Gasteiger partial charge >= 0.3 is 0 Å². The first-order chi connectivity index (χ1) is 9.63.